The lowest BCUT2D eigenvalue weighted by atomic mass is 9.48. The molecule has 5 aliphatic carbocycles. The Morgan fingerprint density at radius 1 is 1.16 bits per heavy atom. The molecule has 4 heteroatoms. The molecular weight excluding hydrogens is 314 g/mol. The highest BCUT2D eigenvalue weighted by Crippen LogP contribution is 2.61. The second-order valence-electron chi connectivity index (χ2n) is 9.20. The molecule has 138 valence electrons. The van der Waals surface area contributed by atoms with Gasteiger partial charge in [0.2, 0.25) is 0 Å². The number of carbonyl (C=O) groups excluding carboxylic acids is 2. The summed E-state index contributed by atoms with van der Waals surface area (Å²) in [7, 11) is 0. The van der Waals surface area contributed by atoms with E-state index < -0.39 is 0 Å². The molecule has 0 aliphatic heterocycles. The first-order valence-corrected chi connectivity index (χ1v) is 10.1. The van der Waals surface area contributed by atoms with Crippen molar-refractivity contribution in [1.29, 1.82) is 0 Å². The number of nitrogens with one attached hydrogen (secondary N) is 1. The number of hydrogen-bond donors (Lipinski definition) is 1. The predicted molar refractivity (Wildman–Crippen MR) is 95.6 cm³/mol. The van der Waals surface area contributed by atoms with Gasteiger partial charge in [0.15, 0.2) is 6.61 Å². The highest BCUT2D eigenvalue weighted by molar-refractivity contribution is 5.80. The van der Waals surface area contributed by atoms with Crippen LogP contribution in [0.5, 0.6) is 0 Å². The summed E-state index contributed by atoms with van der Waals surface area (Å²) < 4.78 is 5.20. The van der Waals surface area contributed by atoms with Crippen molar-refractivity contribution in [3.8, 4) is 0 Å². The summed E-state index contributed by atoms with van der Waals surface area (Å²) in [5.74, 6) is 2.53. The fourth-order valence-corrected chi connectivity index (χ4v) is 6.43. The van der Waals surface area contributed by atoms with E-state index in [2.05, 4.69) is 24.4 Å². The van der Waals surface area contributed by atoms with Gasteiger partial charge in [-0.1, -0.05) is 12.2 Å². The lowest BCUT2D eigenvalue weighted by Gasteiger charge is -2.59. The van der Waals surface area contributed by atoms with Gasteiger partial charge >= 0.3 is 5.97 Å². The van der Waals surface area contributed by atoms with Gasteiger partial charge in [-0.05, 0) is 87.4 Å². The topological polar surface area (TPSA) is 55.4 Å². The first-order chi connectivity index (χ1) is 12.0. The summed E-state index contributed by atoms with van der Waals surface area (Å²) in [6.45, 7) is 2.03. The van der Waals surface area contributed by atoms with Gasteiger partial charge in [0.1, 0.15) is 0 Å². The van der Waals surface area contributed by atoms with Crippen LogP contribution in [0.3, 0.4) is 0 Å². The second kappa shape index (κ2) is 6.77. The number of ether oxygens (including phenoxy) is 1. The maximum absolute atomic E-state index is 12.3. The monoisotopic (exact) mass is 345 g/mol. The molecule has 25 heavy (non-hydrogen) atoms. The van der Waals surface area contributed by atoms with E-state index >= 15 is 0 Å². The van der Waals surface area contributed by atoms with Crippen molar-refractivity contribution >= 4 is 11.9 Å². The quantitative estimate of drug-likeness (QED) is 0.591. The van der Waals surface area contributed by atoms with Crippen molar-refractivity contribution in [3.63, 3.8) is 0 Å². The molecular formula is C21H31NO3. The number of amides is 1. The molecule has 0 heterocycles. The molecule has 4 bridgehead atoms. The average molecular weight is 345 g/mol. The van der Waals surface area contributed by atoms with Crippen molar-refractivity contribution in [2.24, 2.45) is 29.1 Å². The Morgan fingerprint density at radius 2 is 1.80 bits per heavy atom. The molecule has 1 N–H and O–H groups in total. The largest absolute Gasteiger partial charge is 0.456 e. The van der Waals surface area contributed by atoms with E-state index in [9.17, 15) is 9.59 Å². The van der Waals surface area contributed by atoms with Crippen LogP contribution in [0.2, 0.25) is 0 Å². The van der Waals surface area contributed by atoms with Crippen LogP contribution in [0.25, 0.3) is 0 Å². The maximum atomic E-state index is 12.3. The van der Waals surface area contributed by atoms with E-state index in [0.717, 1.165) is 30.6 Å². The van der Waals surface area contributed by atoms with Crippen LogP contribution in [0.1, 0.15) is 64.7 Å². The summed E-state index contributed by atoms with van der Waals surface area (Å²) in [6, 6.07) is 0.185. The Hall–Kier alpha value is -1.32. The van der Waals surface area contributed by atoms with Crippen molar-refractivity contribution in [2.45, 2.75) is 70.8 Å². The lowest BCUT2D eigenvalue weighted by Crippen LogP contribution is -2.56. The van der Waals surface area contributed by atoms with Crippen molar-refractivity contribution in [1.82, 2.24) is 5.32 Å². The fraction of sp³-hybridized carbons (Fsp3) is 0.810. The van der Waals surface area contributed by atoms with Gasteiger partial charge in [-0.15, -0.1) is 0 Å². The molecule has 0 aromatic carbocycles. The summed E-state index contributed by atoms with van der Waals surface area (Å²) >= 11 is 0. The van der Waals surface area contributed by atoms with Gasteiger partial charge in [0.05, 0.1) is 6.42 Å². The molecule has 4 saturated carbocycles. The van der Waals surface area contributed by atoms with Crippen LogP contribution in [-0.4, -0.2) is 24.5 Å². The third-order valence-electron chi connectivity index (χ3n) is 7.29. The molecule has 5 rings (SSSR count). The van der Waals surface area contributed by atoms with E-state index in [1.807, 2.05) is 0 Å². The van der Waals surface area contributed by atoms with Crippen LogP contribution in [0, 0.1) is 29.1 Å². The molecule has 0 unspecified atom stereocenters. The molecule has 0 radical (unpaired) electrons. The van der Waals surface area contributed by atoms with E-state index in [-0.39, 0.29) is 24.5 Å². The minimum atomic E-state index is -0.255. The van der Waals surface area contributed by atoms with Gasteiger partial charge in [0, 0.05) is 6.04 Å². The molecule has 4 fully saturated rings. The van der Waals surface area contributed by atoms with Gasteiger partial charge in [-0.25, -0.2) is 0 Å². The Labute approximate surface area is 150 Å². The van der Waals surface area contributed by atoms with Crippen LogP contribution < -0.4 is 5.32 Å². The number of carbonyl (C=O) groups is 2. The number of hydrogen-bond acceptors (Lipinski definition) is 3. The molecule has 4 nitrogen and oxygen atoms in total. The van der Waals surface area contributed by atoms with E-state index in [0.29, 0.717) is 17.8 Å². The van der Waals surface area contributed by atoms with Gasteiger partial charge < -0.3 is 10.1 Å². The van der Waals surface area contributed by atoms with Crippen LogP contribution in [0.4, 0.5) is 0 Å². The summed E-state index contributed by atoms with van der Waals surface area (Å²) in [5, 5.41) is 3.16. The van der Waals surface area contributed by atoms with E-state index in [4.69, 9.17) is 4.74 Å². The molecule has 0 aromatic rings. The lowest BCUT2D eigenvalue weighted by molar-refractivity contribution is -0.150. The SMILES string of the molecule is C[C@@H](NC(=O)COC(=O)C[C@@H]1C=CCC1)C12CC3CC(CC(C3)C1)C2. The zero-order valence-corrected chi connectivity index (χ0v) is 15.3. The molecule has 1 amide bonds. The zero-order valence-electron chi connectivity index (χ0n) is 15.3. The van der Waals surface area contributed by atoms with Crippen LogP contribution in [-0.2, 0) is 14.3 Å². The van der Waals surface area contributed by atoms with Crippen molar-refractivity contribution in [2.75, 3.05) is 6.61 Å². The average Bonchev–Trinajstić information content (AvgIpc) is 3.04. The van der Waals surface area contributed by atoms with Gasteiger partial charge in [-0.2, -0.15) is 0 Å². The summed E-state index contributed by atoms with van der Waals surface area (Å²) in [6.07, 6.45) is 14.7. The standard InChI is InChI=1S/C21H31NO3/c1-14(21-10-16-6-17(11-21)8-18(7-16)12-21)22-19(23)13-25-20(24)9-15-4-2-3-5-15/h2,4,14-18H,3,5-13H2,1H3,(H,22,23)/t14-,15-,16?,17?,18?,21?/m1/s1. The Morgan fingerprint density at radius 3 is 2.36 bits per heavy atom. The van der Waals surface area contributed by atoms with Crippen LogP contribution in [0.15, 0.2) is 12.2 Å². The highest BCUT2D eigenvalue weighted by Gasteiger charge is 2.53. The molecule has 5 aliphatic rings. The molecule has 0 aromatic heterocycles. The maximum Gasteiger partial charge on any atom is 0.306 e. The van der Waals surface area contributed by atoms with Gasteiger partial charge in [0.25, 0.3) is 5.91 Å². The van der Waals surface area contributed by atoms with Crippen molar-refractivity contribution < 1.29 is 14.3 Å². The van der Waals surface area contributed by atoms with Crippen LogP contribution >= 0.6 is 0 Å². The number of esters is 1. The molecule has 2 atom stereocenters. The third kappa shape index (κ3) is 3.63. The summed E-state index contributed by atoms with van der Waals surface area (Å²) in [4.78, 5) is 24.2. The number of rotatable bonds is 6. The van der Waals surface area contributed by atoms with Gasteiger partial charge in [-0.3, -0.25) is 9.59 Å². The fourth-order valence-electron chi connectivity index (χ4n) is 6.43. The minimum Gasteiger partial charge on any atom is -0.456 e. The first-order valence-electron chi connectivity index (χ1n) is 10.1. The minimum absolute atomic E-state index is 0.133. The van der Waals surface area contributed by atoms with E-state index in [1.54, 1.807) is 0 Å². The van der Waals surface area contributed by atoms with E-state index in [1.165, 1.54) is 38.5 Å². The Bertz CT molecular complexity index is 532. The molecule has 0 saturated heterocycles. The zero-order chi connectivity index (χ0) is 17.4. The highest BCUT2D eigenvalue weighted by atomic mass is 16.5. The summed E-state index contributed by atoms with van der Waals surface area (Å²) in [5.41, 5.74) is 0.295. The number of allylic oxidation sites excluding steroid dienone is 2. The predicted octanol–water partition coefficient (Wildman–Crippen LogP) is 3.61. The van der Waals surface area contributed by atoms with Crippen molar-refractivity contribution in [3.05, 3.63) is 12.2 Å². The Kier molecular flexibility index (Phi) is 4.63. The normalized spacial score (nSPS) is 39.4. The second-order valence-corrected chi connectivity index (χ2v) is 9.20. The smallest absolute Gasteiger partial charge is 0.306 e. The third-order valence-corrected chi connectivity index (χ3v) is 7.29. The molecule has 0 spiro atoms. The first kappa shape index (κ1) is 17.1. The Balaban J connectivity index is 1.25.